The zero-order valence-corrected chi connectivity index (χ0v) is 17.6. The van der Waals surface area contributed by atoms with Crippen LogP contribution in [0.3, 0.4) is 0 Å². The van der Waals surface area contributed by atoms with Crippen molar-refractivity contribution in [1.29, 1.82) is 0 Å². The lowest BCUT2D eigenvalue weighted by molar-refractivity contribution is -0.129. The monoisotopic (exact) mass is 432 g/mol. The van der Waals surface area contributed by atoms with Gasteiger partial charge in [0.25, 0.3) is 5.91 Å². The van der Waals surface area contributed by atoms with Crippen LogP contribution in [0.15, 0.2) is 23.1 Å². The Bertz CT molecular complexity index is 821. The Morgan fingerprint density at radius 1 is 1.32 bits per heavy atom. The predicted octanol–water partition coefficient (Wildman–Crippen LogP) is 1.87. The Kier molecular flexibility index (Phi) is 7.82. The van der Waals surface area contributed by atoms with Crippen LogP contribution in [-0.2, 0) is 24.3 Å². The van der Waals surface area contributed by atoms with Crippen LogP contribution in [0, 0.1) is 0 Å². The molecule has 1 aliphatic heterocycles. The zero-order chi connectivity index (χ0) is 20.9. The molecule has 1 heterocycles. The maximum atomic E-state index is 12.6. The summed E-state index contributed by atoms with van der Waals surface area (Å²) in [4.78, 5) is 24.0. The Balaban J connectivity index is 2.10. The van der Waals surface area contributed by atoms with E-state index >= 15 is 0 Å². The maximum Gasteiger partial charge on any atom is 0.338 e. The van der Waals surface area contributed by atoms with E-state index in [1.54, 1.807) is 13.8 Å². The van der Waals surface area contributed by atoms with Crippen LogP contribution >= 0.6 is 11.6 Å². The molecule has 0 spiro atoms. The highest BCUT2D eigenvalue weighted by Crippen LogP contribution is 2.23. The third kappa shape index (κ3) is 6.16. The van der Waals surface area contributed by atoms with E-state index in [1.165, 1.54) is 19.1 Å². The smallest absolute Gasteiger partial charge is 0.338 e. The fourth-order valence-corrected chi connectivity index (χ4v) is 4.20. The number of esters is 1. The molecule has 0 radical (unpaired) electrons. The molecule has 8 nitrogen and oxygen atoms in total. The van der Waals surface area contributed by atoms with Crippen LogP contribution < -0.4 is 10.0 Å². The number of hydrogen-bond donors (Lipinski definition) is 2. The number of hydrogen-bond acceptors (Lipinski definition) is 6. The Labute approximate surface area is 170 Å². The van der Waals surface area contributed by atoms with Crippen LogP contribution in [-0.4, -0.2) is 51.7 Å². The quantitative estimate of drug-likeness (QED) is 0.606. The molecule has 1 amide bonds. The lowest BCUT2D eigenvalue weighted by Crippen LogP contribution is -2.39. The summed E-state index contributed by atoms with van der Waals surface area (Å²) in [5.74, 6) is -1.26. The van der Waals surface area contributed by atoms with E-state index in [0.717, 1.165) is 18.9 Å². The first kappa shape index (κ1) is 22.6. The molecule has 0 aromatic heterocycles. The van der Waals surface area contributed by atoms with Crippen LogP contribution in [0.25, 0.3) is 0 Å². The molecule has 1 fully saturated rings. The van der Waals surface area contributed by atoms with Crippen LogP contribution in [0.1, 0.15) is 44.0 Å². The first-order valence-corrected chi connectivity index (χ1v) is 10.9. The molecule has 2 rings (SSSR count). The van der Waals surface area contributed by atoms with E-state index < -0.39 is 28.0 Å². The van der Waals surface area contributed by atoms with Crippen molar-refractivity contribution in [3.8, 4) is 0 Å². The van der Waals surface area contributed by atoms with E-state index in [0.29, 0.717) is 6.61 Å². The van der Waals surface area contributed by atoms with Crippen molar-refractivity contribution in [2.75, 3.05) is 13.2 Å². The van der Waals surface area contributed by atoms with Crippen molar-refractivity contribution in [2.24, 2.45) is 0 Å². The van der Waals surface area contributed by atoms with Gasteiger partial charge in [0.1, 0.15) is 4.90 Å². The number of carbonyl (C=O) groups is 2. The SMILES string of the molecule is CC(C)NC(=O)C(C)OC(=O)c1ccc(Cl)c(S(=O)(=O)NCC2CCCO2)c1. The molecule has 2 N–H and O–H groups in total. The molecule has 1 saturated heterocycles. The molecule has 1 aromatic rings. The van der Waals surface area contributed by atoms with Gasteiger partial charge in [0, 0.05) is 19.2 Å². The number of rotatable bonds is 8. The first-order chi connectivity index (χ1) is 13.1. The molecule has 2 atom stereocenters. The van der Waals surface area contributed by atoms with E-state index in [1.807, 2.05) is 0 Å². The summed E-state index contributed by atoms with van der Waals surface area (Å²) >= 11 is 6.03. The van der Waals surface area contributed by atoms with E-state index in [9.17, 15) is 18.0 Å². The van der Waals surface area contributed by atoms with Gasteiger partial charge in [-0.05, 0) is 51.8 Å². The number of carbonyl (C=O) groups excluding carboxylic acids is 2. The number of amides is 1. The molecule has 2 unspecified atom stereocenters. The molecule has 1 aliphatic rings. The Hall–Kier alpha value is -1.68. The van der Waals surface area contributed by atoms with Crippen LogP contribution in [0.4, 0.5) is 0 Å². The Morgan fingerprint density at radius 3 is 2.64 bits per heavy atom. The maximum absolute atomic E-state index is 12.6. The van der Waals surface area contributed by atoms with Crippen molar-refractivity contribution in [1.82, 2.24) is 10.0 Å². The first-order valence-electron chi connectivity index (χ1n) is 9.02. The molecule has 1 aromatic carbocycles. The van der Waals surface area contributed by atoms with Crippen molar-refractivity contribution < 1.29 is 27.5 Å². The fraction of sp³-hybridized carbons (Fsp3) is 0.556. The molecular weight excluding hydrogens is 408 g/mol. The van der Waals surface area contributed by atoms with Crippen molar-refractivity contribution in [3.63, 3.8) is 0 Å². The summed E-state index contributed by atoms with van der Waals surface area (Å²) in [6.07, 6.45) is 0.459. The number of halogens is 1. The second-order valence-electron chi connectivity index (χ2n) is 6.84. The summed E-state index contributed by atoms with van der Waals surface area (Å²) in [7, 11) is -3.94. The van der Waals surface area contributed by atoms with Crippen molar-refractivity contribution >= 4 is 33.5 Å². The third-order valence-electron chi connectivity index (χ3n) is 4.07. The number of ether oxygens (including phenoxy) is 2. The molecule has 0 aliphatic carbocycles. The largest absolute Gasteiger partial charge is 0.449 e. The Morgan fingerprint density at radius 2 is 2.04 bits per heavy atom. The van der Waals surface area contributed by atoms with Gasteiger partial charge in [-0.1, -0.05) is 11.6 Å². The minimum Gasteiger partial charge on any atom is -0.449 e. The van der Waals surface area contributed by atoms with Gasteiger partial charge < -0.3 is 14.8 Å². The minimum atomic E-state index is -3.94. The topological polar surface area (TPSA) is 111 Å². The summed E-state index contributed by atoms with van der Waals surface area (Å²) in [6.45, 7) is 5.74. The second-order valence-corrected chi connectivity index (χ2v) is 8.99. The molecular formula is C18H25ClN2O6S. The van der Waals surface area contributed by atoms with Crippen LogP contribution in [0.2, 0.25) is 5.02 Å². The van der Waals surface area contributed by atoms with Gasteiger partial charge >= 0.3 is 5.97 Å². The van der Waals surface area contributed by atoms with Gasteiger partial charge in [0.2, 0.25) is 10.0 Å². The molecule has 10 heteroatoms. The normalized spacial score (nSPS) is 18.1. The summed E-state index contributed by atoms with van der Waals surface area (Å²) < 4.78 is 38.1. The number of benzene rings is 1. The van der Waals surface area contributed by atoms with Gasteiger partial charge in [-0.2, -0.15) is 0 Å². The predicted molar refractivity (Wildman–Crippen MR) is 104 cm³/mol. The van der Waals surface area contributed by atoms with Gasteiger partial charge in [0.15, 0.2) is 6.10 Å². The number of nitrogens with one attached hydrogen (secondary N) is 2. The average molecular weight is 433 g/mol. The van der Waals surface area contributed by atoms with Crippen LogP contribution in [0.5, 0.6) is 0 Å². The van der Waals surface area contributed by atoms with E-state index in [2.05, 4.69) is 10.0 Å². The van der Waals surface area contributed by atoms with Gasteiger partial charge in [-0.15, -0.1) is 0 Å². The van der Waals surface area contributed by atoms with E-state index in [-0.39, 0.29) is 34.2 Å². The van der Waals surface area contributed by atoms with Gasteiger partial charge in [-0.3, -0.25) is 4.79 Å². The lowest BCUT2D eigenvalue weighted by Gasteiger charge is -2.16. The summed E-state index contributed by atoms with van der Waals surface area (Å²) in [6, 6.07) is 3.68. The molecule has 0 bridgehead atoms. The van der Waals surface area contributed by atoms with Gasteiger partial charge in [-0.25, -0.2) is 17.9 Å². The molecule has 156 valence electrons. The van der Waals surface area contributed by atoms with Crippen molar-refractivity contribution in [2.45, 2.75) is 56.8 Å². The highest BCUT2D eigenvalue weighted by atomic mass is 35.5. The zero-order valence-electron chi connectivity index (χ0n) is 16.0. The van der Waals surface area contributed by atoms with E-state index in [4.69, 9.17) is 21.1 Å². The fourth-order valence-electron chi connectivity index (χ4n) is 2.61. The van der Waals surface area contributed by atoms with Gasteiger partial charge in [0.05, 0.1) is 16.7 Å². The highest BCUT2D eigenvalue weighted by Gasteiger charge is 2.25. The second kappa shape index (κ2) is 9.69. The third-order valence-corrected chi connectivity index (χ3v) is 5.97. The minimum absolute atomic E-state index is 0.0221. The number of sulfonamides is 1. The summed E-state index contributed by atoms with van der Waals surface area (Å²) in [5, 5.41) is 2.61. The lowest BCUT2D eigenvalue weighted by atomic mass is 10.2. The highest BCUT2D eigenvalue weighted by molar-refractivity contribution is 7.89. The standard InChI is InChI=1S/C18H25ClN2O6S/c1-11(2)21-17(22)12(3)27-18(23)13-6-7-15(19)16(9-13)28(24,25)20-10-14-5-4-8-26-14/h6-7,9,11-12,14,20H,4-5,8,10H2,1-3H3,(H,21,22). The summed E-state index contributed by atoms with van der Waals surface area (Å²) in [5.41, 5.74) is -0.0221. The average Bonchev–Trinajstić information content (AvgIpc) is 3.13. The molecule has 28 heavy (non-hydrogen) atoms. The molecule has 0 saturated carbocycles. The van der Waals surface area contributed by atoms with Crippen molar-refractivity contribution in [3.05, 3.63) is 28.8 Å².